The second-order valence-corrected chi connectivity index (χ2v) is 5.99. The van der Waals surface area contributed by atoms with Crippen LogP contribution in [0.4, 0.5) is 5.82 Å². The first-order valence-electron chi connectivity index (χ1n) is 8.22. The Kier molecular flexibility index (Phi) is 4.94. The fourth-order valence-corrected chi connectivity index (χ4v) is 2.74. The number of nitrogens with zero attached hydrogens (tertiary/aromatic N) is 3. The Morgan fingerprint density at radius 3 is 2.62 bits per heavy atom. The van der Waals surface area contributed by atoms with Gasteiger partial charge in [0.05, 0.1) is 12.7 Å². The number of carbonyl (C=O) groups is 2. The predicted octanol–water partition coefficient (Wildman–Crippen LogP) is 3.32. The Labute approximate surface area is 150 Å². The van der Waals surface area contributed by atoms with E-state index in [4.69, 9.17) is 11.2 Å². The number of nitrogens with one attached hydrogen (secondary N) is 1. The molecule has 1 aromatic carbocycles. The number of aromatic nitrogens is 1. The minimum Gasteiger partial charge on any atom is -0.465 e. The van der Waals surface area contributed by atoms with E-state index in [1.165, 1.54) is 13.3 Å². The molecule has 1 aliphatic heterocycles. The maximum atomic E-state index is 12.3. The average molecular weight is 350 g/mol. The third-order valence-corrected chi connectivity index (χ3v) is 4.26. The van der Waals surface area contributed by atoms with Crippen LogP contribution in [0, 0.1) is 12.3 Å². The summed E-state index contributed by atoms with van der Waals surface area (Å²) in [6, 6.07) is 7.21. The van der Waals surface area contributed by atoms with E-state index in [-0.39, 0.29) is 12.3 Å². The number of fused-ring (bicyclic) bond motifs is 1. The van der Waals surface area contributed by atoms with Crippen LogP contribution in [0.15, 0.2) is 40.7 Å². The van der Waals surface area contributed by atoms with Crippen LogP contribution in [0.5, 0.6) is 0 Å². The minimum atomic E-state index is -0.492. The number of hydrogen-bond donors (Lipinski definition) is 1. The van der Waals surface area contributed by atoms with Gasteiger partial charge in [0.15, 0.2) is 5.66 Å². The fourth-order valence-electron chi connectivity index (χ4n) is 2.74. The third-order valence-electron chi connectivity index (χ3n) is 4.26. The molecule has 7 nitrogen and oxygen atoms in total. The molecule has 1 aliphatic rings. The summed E-state index contributed by atoms with van der Waals surface area (Å²) in [6.07, 6.45) is 8.68. The molecule has 2 aromatic rings. The normalized spacial score (nSPS) is 13.8. The monoisotopic (exact) mass is 350 g/mol. The van der Waals surface area contributed by atoms with Crippen molar-refractivity contribution >= 4 is 28.5 Å². The lowest BCUT2D eigenvalue weighted by Crippen LogP contribution is -2.18. The van der Waals surface area contributed by atoms with E-state index in [1.54, 1.807) is 12.1 Å². The maximum Gasteiger partial charge on any atom is 0.340 e. The van der Waals surface area contributed by atoms with Crippen LogP contribution < -0.4 is 5.32 Å². The number of carbonyl (C=O) groups excluding carboxylic acids is 2. The summed E-state index contributed by atoms with van der Waals surface area (Å²) in [5.41, 5.74) is -0.140. The number of anilines is 1. The molecule has 0 fully saturated rings. The van der Waals surface area contributed by atoms with Gasteiger partial charge in [-0.1, -0.05) is 24.3 Å². The Bertz CT molecular complexity index is 924. The van der Waals surface area contributed by atoms with E-state index in [1.807, 2.05) is 12.1 Å². The molecule has 0 atom stereocenters. The number of hydrogen-bond acceptors (Lipinski definition) is 6. The second-order valence-electron chi connectivity index (χ2n) is 5.99. The van der Waals surface area contributed by atoms with Crippen molar-refractivity contribution in [2.24, 2.45) is 10.2 Å². The van der Waals surface area contributed by atoms with Crippen molar-refractivity contribution in [1.82, 2.24) is 4.98 Å². The van der Waals surface area contributed by atoms with Crippen molar-refractivity contribution < 1.29 is 14.3 Å². The minimum absolute atomic E-state index is 0.189. The number of benzene rings is 1. The lowest BCUT2D eigenvalue weighted by Gasteiger charge is -2.11. The van der Waals surface area contributed by atoms with Gasteiger partial charge in [0.25, 0.3) is 0 Å². The van der Waals surface area contributed by atoms with Crippen LogP contribution in [0.1, 0.15) is 36.0 Å². The summed E-state index contributed by atoms with van der Waals surface area (Å²) in [6.45, 7) is 0. The van der Waals surface area contributed by atoms with Crippen molar-refractivity contribution in [3.8, 4) is 12.3 Å². The number of esters is 1. The molecule has 7 heteroatoms. The molecule has 132 valence electrons. The van der Waals surface area contributed by atoms with Gasteiger partial charge in [0.2, 0.25) is 5.91 Å². The van der Waals surface area contributed by atoms with E-state index >= 15 is 0 Å². The molecule has 1 N–H and O–H groups in total. The van der Waals surface area contributed by atoms with Crippen LogP contribution in [0.25, 0.3) is 10.8 Å². The topological polar surface area (TPSA) is 93.0 Å². The lowest BCUT2D eigenvalue weighted by atomic mass is 10.0. The van der Waals surface area contributed by atoms with E-state index < -0.39 is 11.6 Å². The number of pyridine rings is 1. The highest BCUT2D eigenvalue weighted by Gasteiger charge is 2.39. The fraction of sp³-hybridized carbons (Fsp3) is 0.316. The van der Waals surface area contributed by atoms with Gasteiger partial charge in [-0.2, -0.15) is 10.2 Å². The first-order chi connectivity index (χ1) is 12.6. The second kappa shape index (κ2) is 7.31. The molecule has 0 saturated heterocycles. The first kappa shape index (κ1) is 17.5. The largest absolute Gasteiger partial charge is 0.465 e. The Morgan fingerprint density at radius 1 is 1.23 bits per heavy atom. The Hall–Kier alpha value is -3.27. The molecule has 1 aromatic heterocycles. The summed E-state index contributed by atoms with van der Waals surface area (Å²) < 4.78 is 4.78. The van der Waals surface area contributed by atoms with Crippen molar-refractivity contribution in [2.75, 3.05) is 12.4 Å². The zero-order valence-corrected chi connectivity index (χ0v) is 14.4. The highest BCUT2D eigenvalue weighted by Crippen LogP contribution is 2.37. The zero-order valence-electron chi connectivity index (χ0n) is 14.4. The van der Waals surface area contributed by atoms with Gasteiger partial charge in [0, 0.05) is 42.7 Å². The summed E-state index contributed by atoms with van der Waals surface area (Å²) >= 11 is 0. The molecule has 3 rings (SSSR count). The molecular weight excluding hydrogens is 332 g/mol. The van der Waals surface area contributed by atoms with Gasteiger partial charge in [-0.3, -0.25) is 4.79 Å². The molecule has 0 saturated carbocycles. The number of methoxy groups -OCH3 is 1. The number of rotatable bonds is 7. The summed E-state index contributed by atoms with van der Waals surface area (Å²) in [7, 11) is 1.32. The smallest absolute Gasteiger partial charge is 0.340 e. The van der Waals surface area contributed by atoms with Crippen LogP contribution in [0.3, 0.4) is 0 Å². The first-order valence-corrected chi connectivity index (χ1v) is 8.22. The number of ether oxygens (including phenoxy) is 1. The van der Waals surface area contributed by atoms with Gasteiger partial charge >= 0.3 is 5.97 Å². The lowest BCUT2D eigenvalue weighted by molar-refractivity contribution is -0.116. The van der Waals surface area contributed by atoms with Gasteiger partial charge in [-0.05, 0) is 0 Å². The quantitative estimate of drug-likeness (QED) is 0.612. The maximum absolute atomic E-state index is 12.3. The Balaban J connectivity index is 1.72. The summed E-state index contributed by atoms with van der Waals surface area (Å²) in [5, 5.41) is 12.2. The van der Waals surface area contributed by atoms with Crippen LogP contribution in [-0.4, -0.2) is 29.6 Å². The average Bonchev–Trinajstić information content (AvgIpc) is 3.45. The van der Waals surface area contributed by atoms with E-state index in [0.717, 1.165) is 0 Å². The van der Waals surface area contributed by atoms with Crippen molar-refractivity contribution in [3.63, 3.8) is 0 Å². The Morgan fingerprint density at radius 2 is 1.96 bits per heavy atom. The standard InChI is InChI=1S/C19H18N4O3/c1-3-4-10-19(22-23-19)11-9-16(24)21-17-14-8-6-5-7-13(14)15(12-20-17)18(25)26-2/h1,5-8,12H,4,9-11H2,2H3,(H,20,21,24). The van der Waals surface area contributed by atoms with Gasteiger partial charge in [0.1, 0.15) is 5.82 Å². The van der Waals surface area contributed by atoms with E-state index in [0.29, 0.717) is 41.4 Å². The van der Waals surface area contributed by atoms with Gasteiger partial charge in [-0.15, -0.1) is 12.3 Å². The van der Waals surface area contributed by atoms with Crippen molar-refractivity contribution in [2.45, 2.75) is 31.3 Å². The van der Waals surface area contributed by atoms with Crippen molar-refractivity contribution in [1.29, 1.82) is 0 Å². The number of amides is 1. The highest BCUT2D eigenvalue weighted by molar-refractivity contribution is 6.09. The summed E-state index contributed by atoms with van der Waals surface area (Å²) in [4.78, 5) is 28.4. The molecule has 0 spiro atoms. The summed E-state index contributed by atoms with van der Waals surface area (Å²) in [5.74, 6) is 2.30. The zero-order chi connectivity index (χ0) is 18.6. The van der Waals surface area contributed by atoms with Gasteiger partial charge in [-0.25, -0.2) is 9.78 Å². The molecule has 0 bridgehead atoms. The molecule has 0 unspecified atom stereocenters. The molecule has 2 heterocycles. The third kappa shape index (κ3) is 3.70. The van der Waals surface area contributed by atoms with Crippen LogP contribution >= 0.6 is 0 Å². The molecular formula is C19H18N4O3. The SMILES string of the molecule is C#CCCC1(CCC(=O)Nc2ncc(C(=O)OC)c3ccccc23)N=N1. The molecule has 1 amide bonds. The number of terminal acetylenes is 1. The predicted molar refractivity (Wildman–Crippen MR) is 96.6 cm³/mol. The van der Waals surface area contributed by atoms with Crippen molar-refractivity contribution in [3.05, 3.63) is 36.0 Å². The molecule has 0 aliphatic carbocycles. The van der Waals surface area contributed by atoms with Gasteiger partial charge < -0.3 is 10.1 Å². The highest BCUT2D eigenvalue weighted by atomic mass is 16.5. The van der Waals surface area contributed by atoms with Crippen LogP contribution in [0.2, 0.25) is 0 Å². The van der Waals surface area contributed by atoms with Crippen LogP contribution in [-0.2, 0) is 9.53 Å². The van der Waals surface area contributed by atoms with E-state index in [9.17, 15) is 9.59 Å². The van der Waals surface area contributed by atoms with E-state index in [2.05, 4.69) is 26.4 Å². The molecule has 0 radical (unpaired) electrons. The molecule has 26 heavy (non-hydrogen) atoms.